The number of aromatic nitrogens is 5. The van der Waals surface area contributed by atoms with E-state index < -0.39 is 0 Å². The van der Waals surface area contributed by atoms with Crippen LogP contribution >= 0.6 is 22.6 Å². The minimum atomic E-state index is 0.270. The lowest BCUT2D eigenvalue weighted by Crippen LogP contribution is -2.01. The van der Waals surface area contributed by atoms with E-state index in [9.17, 15) is 0 Å². The Hall–Kier alpha value is -3.07. The maximum absolute atomic E-state index is 4.85. The van der Waals surface area contributed by atoms with E-state index in [1.165, 1.54) is 0 Å². The summed E-state index contributed by atoms with van der Waals surface area (Å²) in [6, 6.07) is 22.4. The second-order valence-electron chi connectivity index (χ2n) is 7.26. The fourth-order valence-corrected chi connectivity index (χ4v) is 3.41. The number of hydrogen-bond acceptors (Lipinski definition) is 5. The minimum absolute atomic E-state index is 0.270. The molecule has 2 N–H and O–H groups in total. The lowest BCUT2D eigenvalue weighted by Gasteiger charge is -2.10. The summed E-state index contributed by atoms with van der Waals surface area (Å²) in [4.78, 5) is 16.2. The standard InChI is InChI=1S/C23H20N6.CH3I/c1-14(2)20-26-23(29-28-20)27-22-18-11-5-6-13-19(18)24-21(25-22)17-12-7-9-15-8-3-4-10-16(15)17;1-2/h3-14H,1-2H3,(H2,24,25,26,27,28,29);1H3. The lowest BCUT2D eigenvalue weighted by molar-refractivity contribution is 0.781. The molecule has 31 heavy (non-hydrogen) atoms. The Morgan fingerprint density at radius 3 is 2.29 bits per heavy atom. The summed E-state index contributed by atoms with van der Waals surface area (Å²) in [7, 11) is 0. The number of halogens is 1. The molecule has 3 aromatic carbocycles. The summed E-state index contributed by atoms with van der Waals surface area (Å²) in [6.07, 6.45) is 0. The highest BCUT2D eigenvalue weighted by molar-refractivity contribution is 14.1. The Labute approximate surface area is 194 Å². The summed E-state index contributed by atoms with van der Waals surface area (Å²) in [6.45, 7) is 4.14. The van der Waals surface area contributed by atoms with Gasteiger partial charge in [-0.15, -0.1) is 5.10 Å². The monoisotopic (exact) mass is 522 g/mol. The highest BCUT2D eigenvalue weighted by Crippen LogP contribution is 2.30. The zero-order valence-electron chi connectivity index (χ0n) is 17.6. The first kappa shape index (κ1) is 21.2. The quantitative estimate of drug-likeness (QED) is 0.209. The Morgan fingerprint density at radius 2 is 1.52 bits per heavy atom. The van der Waals surface area contributed by atoms with Gasteiger partial charge in [-0.3, -0.25) is 5.10 Å². The first-order valence-electron chi connectivity index (χ1n) is 10.0. The van der Waals surface area contributed by atoms with Crippen LogP contribution in [0.2, 0.25) is 0 Å². The Bertz CT molecular complexity index is 1320. The molecule has 0 amide bonds. The van der Waals surface area contributed by atoms with Gasteiger partial charge in [-0.05, 0) is 27.8 Å². The molecule has 0 spiro atoms. The van der Waals surface area contributed by atoms with E-state index in [0.29, 0.717) is 17.6 Å². The van der Waals surface area contributed by atoms with E-state index in [0.717, 1.165) is 33.1 Å². The van der Waals surface area contributed by atoms with Crippen molar-refractivity contribution in [2.75, 3.05) is 10.2 Å². The Kier molecular flexibility index (Phi) is 6.41. The van der Waals surface area contributed by atoms with Crippen LogP contribution in [0.25, 0.3) is 33.1 Å². The first-order chi connectivity index (χ1) is 15.2. The molecular formula is C24H23IN6. The van der Waals surface area contributed by atoms with Gasteiger partial charge in [-0.25, -0.2) is 9.97 Å². The van der Waals surface area contributed by atoms with Crippen LogP contribution in [0.3, 0.4) is 0 Å². The molecule has 156 valence electrons. The third kappa shape index (κ3) is 4.36. The van der Waals surface area contributed by atoms with E-state index in [-0.39, 0.29) is 5.92 Å². The highest BCUT2D eigenvalue weighted by atomic mass is 127. The van der Waals surface area contributed by atoms with Crippen LogP contribution in [-0.4, -0.2) is 30.1 Å². The molecule has 0 radical (unpaired) electrons. The summed E-state index contributed by atoms with van der Waals surface area (Å²) < 4.78 is 0. The van der Waals surface area contributed by atoms with Gasteiger partial charge in [0.2, 0.25) is 5.95 Å². The fourth-order valence-electron chi connectivity index (χ4n) is 3.41. The predicted octanol–water partition coefficient (Wildman–Crippen LogP) is 6.49. The number of aromatic amines is 1. The molecule has 2 heterocycles. The number of anilines is 2. The summed E-state index contributed by atoms with van der Waals surface area (Å²) in [5.41, 5.74) is 1.86. The maximum Gasteiger partial charge on any atom is 0.247 e. The van der Waals surface area contributed by atoms with Crippen LogP contribution in [0.4, 0.5) is 11.8 Å². The van der Waals surface area contributed by atoms with Crippen molar-refractivity contribution in [1.29, 1.82) is 0 Å². The Balaban J connectivity index is 0.00000112. The van der Waals surface area contributed by atoms with Crippen LogP contribution in [0.15, 0.2) is 66.7 Å². The Morgan fingerprint density at radius 1 is 0.806 bits per heavy atom. The number of H-pyrrole nitrogens is 1. The van der Waals surface area contributed by atoms with Crippen LogP contribution in [-0.2, 0) is 0 Å². The number of benzene rings is 3. The topological polar surface area (TPSA) is 79.4 Å². The molecule has 5 rings (SSSR count). The summed E-state index contributed by atoms with van der Waals surface area (Å²) in [5.74, 6) is 2.96. The van der Waals surface area contributed by atoms with Crippen molar-refractivity contribution in [3.8, 4) is 11.4 Å². The molecular weight excluding hydrogens is 499 g/mol. The van der Waals surface area contributed by atoms with E-state index in [4.69, 9.17) is 9.97 Å². The molecule has 0 fully saturated rings. The molecule has 7 heteroatoms. The van der Waals surface area contributed by atoms with Crippen molar-refractivity contribution in [3.05, 3.63) is 72.6 Å². The number of para-hydroxylation sites is 1. The van der Waals surface area contributed by atoms with E-state index in [1.54, 1.807) is 0 Å². The minimum Gasteiger partial charge on any atom is -0.307 e. The predicted molar refractivity (Wildman–Crippen MR) is 136 cm³/mol. The number of nitrogens with zero attached hydrogens (tertiary/aromatic N) is 4. The van der Waals surface area contributed by atoms with Crippen molar-refractivity contribution in [1.82, 2.24) is 25.1 Å². The van der Waals surface area contributed by atoms with Gasteiger partial charge < -0.3 is 5.32 Å². The van der Waals surface area contributed by atoms with Crippen molar-refractivity contribution < 1.29 is 0 Å². The van der Waals surface area contributed by atoms with E-state index >= 15 is 0 Å². The molecule has 0 aliphatic heterocycles. The number of nitrogens with one attached hydrogen (secondary N) is 2. The van der Waals surface area contributed by atoms with E-state index in [1.807, 2.05) is 47.4 Å². The molecule has 0 saturated carbocycles. The van der Waals surface area contributed by atoms with Gasteiger partial charge >= 0.3 is 0 Å². The van der Waals surface area contributed by atoms with Crippen LogP contribution in [0, 0.1) is 0 Å². The van der Waals surface area contributed by atoms with Gasteiger partial charge in [-0.1, -0.05) is 91.0 Å². The number of rotatable bonds is 4. The van der Waals surface area contributed by atoms with Crippen LogP contribution < -0.4 is 5.32 Å². The maximum atomic E-state index is 4.85. The smallest absolute Gasteiger partial charge is 0.247 e. The van der Waals surface area contributed by atoms with Gasteiger partial charge in [0, 0.05) is 16.9 Å². The second kappa shape index (κ2) is 9.38. The second-order valence-corrected chi connectivity index (χ2v) is 7.26. The number of alkyl halides is 1. The molecule has 0 aliphatic carbocycles. The largest absolute Gasteiger partial charge is 0.307 e. The van der Waals surface area contributed by atoms with E-state index in [2.05, 4.69) is 81.2 Å². The average Bonchev–Trinajstić information content (AvgIpc) is 3.29. The molecule has 5 aromatic rings. The van der Waals surface area contributed by atoms with Gasteiger partial charge in [0.1, 0.15) is 11.6 Å². The average molecular weight is 522 g/mol. The SMILES string of the molecule is CC(C)c1nc(Nc2nc(-c3cccc4ccccc34)nc3ccccc23)n[nH]1.CI. The third-order valence-corrected chi connectivity index (χ3v) is 4.91. The molecule has 0 atom stereocenters. The van der Waals surface area contributed by atoms with Crippen LogP contribution in [0.5, 0.6) is 0 Å². The lowest BCUT2D eigenvalue weighted by atomic mass is 10.0. The number of fused-ring (bicyclic) bond motifs is 2. The summed E-state index contributed by atoms with van der Waals surface area (Å²) in [5, 5.41) is 13.7. The molecule has 2 aromatic heterocycles. The van der Waals surface area contributed by atoms with Crippen molar-refractivity contribution in [2.45, 2.75) is 19.8 Å². The molecule has 0 bridgehead atoms. The van der Waals surface area contributed by atoms with Gasteiger partial charge in [0.05, 0.1) is 5.52 Å². The zero-order chi connectivity index (χ0) is 21.8. The summed E-state index contributed by atoms with van der Waals surface area (Å²) >= 11 is 2.15. The highest BCUT2D eigenvalue weighted by Gasteiger charge is 2.14. The van der Waals surface area contributed by atoms with Crippen molar-refractivity contribution in [2.24, 2.45) is 0 Å². The molecule has 0 unspecified atom stereocenters. The molecule has 6 nitrogen and oxygen atoms in total. The molecule has 0 aliphatic rings. The van der Waals surface area contributed by atoms with Gasteiger partial charge in [0.25, 0.3) is 0 Å². The van der Waals surface area contributed by atoms with Crippen molar-refractivity contribution >= 4 is 56.0 Å². The van der Waals surface area contributed by atoms with Gasteiger partial charge in [-0.2, -0.15) is 4.98 Å². The number of hydrogen-bond donors (Lipinski definition) is 2. The van der Waals surface area contributed by atoms with Crippen LogP contribution in [0.1, 0.15) is 25.6 Å². The van der Waals surface area contributed by atoms with Gasteiger partial charge in [0.15, 0.2) is 5.82 Å². The normalized spacial score (nSPS) is 10.9. The first-order valence-corrected chi connectivity index (χ1v) is 12.2. The van der Waals surface area contributed by atoms with Crippen molar-refractivity contribution in [3.63, 3.8) is 0 Å². The fraction of sp³-hybridized carbons (Fsp3) is 0.167. The zero-order valence-corrected chi connectivity index (χ0v) is 19.8. The molecule has 0 saturated heterocycles. The third-order valence-electron chi connectivity index (χ3n) is 4.91.